The summed E-state index contributed by atoms with van der Waals surface area (Å²) in [6.45, 7) is 3.45. The molecule has 0 heterocycles. The van der Waals surface area contributed by atoms with Crippen molar-refractivity contribution in [2.24, 2.45) is 0 Å². The number of rotatable bonds is 2. The van der Waals surface area contributed by atoms with Gasteiger partial charge in [-0.25, -0.2) is 0 Å². The Morgan fingerprint density at radius 3 is 1.62 bits per heavy atom. The SMILES string of the molecule is CCP(=O)(O)CC.[CaH2]. The summed E-state index contributed by atoms with van der Waals surface area (Å²) in [4.78, 5) is 8.69. The second-order valence-electron chi connectivity index (χ2n) is 1.48. The van der Waals surface area contributed by atoms with Crippen molar-refractivity contribution in [1.82, 2.24) is 0 Å². The molecule has 0 fully saturated rings. The van der Waals surface area contributed by atoms with Crippen LogP contribution >= 0.6 is 7.37 Å². The van der Waals surface area contributed by atoms with Gasteiger partial charge in [-0.15, -0.1) is 0 Å². The van der Waals surface area contributed by atoms with E-state index < -0.39 is 7.37 Å². The predicted molar refractivity (Wildman–Crippen MR) is 39.5 cm³/mol. The fourth-order valence-electron chi connectivity index (χ4n) is 0.224. The van der Waals surface area contributed by atoms with Crippen LogP contribution < -0.4 is 0 Å². The summed E-state index contributed by atoms with van der Waals surface area (Å²) in [5.41, 5.74) is 0. The number of hydrogen-bond donors (Lipinski definition) is 1. The fraction of sp³-hybridized carbons (Fsp3) is 1.00. The van der Waals surface area contributed by atoms with Crippen molar-refractivity contribution >= 4 is 45.1 Å². The van der Waals surface area contributed by atoms with Crippen molar-refractivity contribution in [1.29, 1.82) is 0 Å². The molecular formula is C4H13CaO2P. The summed E-state index contributed by atoms with van der Waals surface area (Å²) in [5.74, 6) is 0. The molecule has 4 heteroatoms. The molecule has 0 unspecified atom stereocenters. The summed E-state index contributed by atoms with van der Waals surface area (Å²) in [6.07, 6.45) is 0.812. The Morgan fingerprint density at radius 2 is 1.62 bits per heavy atom. The number of hydrogen-bond acceptors (Lipinski definition) is 1. The monoisotopic (exact) mass is 164 g/mol. The van der Waals surface area contributed by atoms with Crippen molar-refractivity contribution in [3.05, 3.63) is 0 Å². The van der Waals surface area contributed by atoms with Gasteiger partial charge in [0.15, 0.2) is 7.37 Å². The normalized spacial score (nSPS) is 10.4. The first-order valence-corrected chi connectivity index (χ1v) is 4.46. The van der Waals surface area contributed by atoms with Crippen LogP contribution in [-0.2, 0) is 4.57 Å². The van der Waals surface area contributed by atoms with E-state index in [-0.39, 0.29) is 37.7 Å². The van der Waals surface area contributed by atoms with Crippen LogP contribution in [0.1, 0.15) is 13.8 Å². The molecule has 0 aromatic rings. The van der Waals surface area contributed by atoms with Gasteiger partial charge in [-0.05, 0) is 0 Å². The standard InChI is InChI=1S/C4H11O2P.Ca.2H/c1-3-7(5,6)4-2;;;/h3-4H2,1-2H3,(H,5,6);;;. The Kier molecular flexibility index (Phi) is 7.98. The molecule has 0 aliphatic heterocycles. The van der Waals surface area contributed by atoms with E-state index in [1.165, 1.54) is 0 Å². The third-order valence-electron chi connectivity index (χ3n) is 0.988. The van der Waals surface area contributed by atoms with Crippen molar-refractivity contribution in [2.45, 2.75) is 13.8 Å². The molecule has 0 aliphatic carbocycles. The van der Waals surface area contributed by atoms with Gasteiger partial charge in [-0.3, -0.25) is 4.57 Å². The van der Waals surface area contributed by atoms with Gasteiger partial charge in [-0.2, -0.15) is 0 Å². The molecular weight excluding hydrogens is 151 g/mol. The van der Waals surface area contributed by atoms with E-state index in [1.807, 2.05) is 0 Å². The van der Waals surface area contributed by atoms with E-state index in [2.05, 4.69) is 0 Å². The molecule has 0 spiro atoms. The Labute approximate surface area is 80.1 Å². The van der Waals surface area contributed by atoms with Gasteiger partial charge in [0.05, 0.1) is 0 Å². The molecule has 0 aromatic heterocycles. The first-order chi connectivity index (χ1) is 3.12. The molecule has 0 saturated heterocycles. The second kappa shape index (κ2) is 5.25. The van der Waals surface area contributed by atoms with Crippen LogP contribution in [0.25, 0.3) is 0 Å². The molecule has 0 aliphatic rings. The van der Waals surface area contributed by atoms with Crippen LogP contribution in [0, 0.1) is 0 Å². The van der Waals surface area contributed by atoms with Gasteiger partial charge < -0.3 is 4.89 Å². The molecule has 48 valence electrons. The van der Waals surface area contributed by atoms with Crippen LogP contribution in [0.3, 0.4) is 0 Å². The molecule has 2 nitrogen and oxygen atoms in total. The van der Waals surface area contributed by atoms with Crippen molar-refractivity contribution in [2.75, 3.05) is 12.3 Å². The first-order valence-electron chi connectivity index (χ1n) is 2.43. The van der Waals surface area contributed by atoms with Crippen LogP contribution in [0.4, 0.5) is 0 Å². The molecule has 0 radical (unpaired) electrons. The first kappa shape index (κ1) is 12.2. The second-order valence-corrected chi connectivity index (χ2v) is 4.44. The van der Waals surface area contributed by atoms with Gasteiger partial charge in [0.2, 0.25) is 0 Å². The van der Waals surface area contributed by atoms with Gasteiger partial charge in [0.1, 0.15) is 0 Å². The zero-order chi connectivity index (χ0) is 5.91. The van der Waals surface area contributed by atoms with Crippen LogP contribution in [0.2, 0.25) is 0 Å². The quantitative estimate of drug-likeness (QED) is 0.473. The Hall–Kier alpha value is 1.45. The van der Waals surface area contributed by atoms with E-state index in [9.17, 15) is 4.57 Å². The zero-order valence-electron chi connectivity index (χ0n) is 4.72. The summed E-state index contributed by atoms with van der Waals surface area (Å²) in [7, 11) is -2.65. The maximum atomic E-state index is 10.5. The van der Waals surface area contributed by atoms with E-state index in [1.54, 1.807) is 13.8 Å². The van der Waals surface area contributed by atoms with Gasteiger partial charge in [0.25, 0.3) is 0 Å². The Bertz CT molecular complexity index is 86.0. The van der Waals surface area contributed by atoms with E-state index in [4.69, 9.17) is 4.89 Å². The minimum absolute atomic E-state index is 0. The third-order valence-corrected chi connectivity index (χ3v) is 2.96. The summed E-state index contributed by atoms with van der Waals surface area (Å²) in [5, 5.41) is 0. The van der Waals surface area contributed by atoms with Gasteiger partial charge in [0, 0.05) is 12.3 Å². The summed E-state index contributed by atoms with van der Waals surface area (Å²) >= 11 is 0. The van der Waals surface area contributed by atoms with E-state index >= 15 is 0 Å². The van der Waals surface area contributed by atoms with E-state index in [0.717, 1.165) is 0 Å². The fourth-order valence-corrected chi connectivity index (χ4v) is 0.671. The van der Waals surface area contributed by atoms with Crippen molar-refractivity contribution in [3.8, 4) is 0 Å². The summed E-state index contributed by atoms with van der Waals surface area (Å²) in [6, 6.07) is 0. The third kappa shape index (κ3) is 5.58. The molecule has 8 heavy (non-hydrogen) atoms. The predicted octanol–water partition coefficient (Wildman–Crippen LogP) is 0.380. The zero-order valence-corrected chi connectivity index (χ0v) is 5.61. The molecule has 0 amide bonds. The molecule has 1 N–H and O–H groups in total. The topological polar surface area (TPSA) is 37.3 Å². The van der Waals surface area contributed by atoms with Crippen molar-refractivity contribution < 1.29 is 9.46 Å². The molecule has 0 rings (SSSR count). The Balaban J connectivity index is 0. The van der Waals surface area contributed by atoms with Crippen LogP contribution in [0.15, 0.2) is 0 Å². The van der Waals surface area contributed by atoms with E-state index in [0.29, 0.717) is 12.3 Å². The van der Waals surface area contributed by atoms with Gasteiger partial charge >= 0.3 is 37.7 Å². The summed E-state index contributed by atoms with van der Waals surface area (Å²) < 4.78 is 10.5. The Morgan fingerprint density at radius 1 is 1.38 bits per heavy atom. The van der Waals surface area contributed by atoms with Gasteiger partial charge in [-0.1, -0.05) is 13.8 Å². The van der Waals surface area contributed by atoms with Crippen LogP contribution in [-0.4, -0.2) is 55.0 Å². The average Bonchev–Trinajstić information content (AvgIpc) is 1.68. The minimum atomic E-state index is -2.65. The molecule has 0 aromatic carbocycles. The maximum absolute atomic E-state index is 10.5. The molecule has 0 bridgehead atoms. The van der Waals surface area contributed by atoms with Crippen LogP contribution in [0.5, 0.6) is 0 Å². The molecule has 0 atom stereocenters. The van der Waals surface area contributed by atoms with Crippen molar-refractivity contribution in [3.63, 3.8) is 0 Å². The molecule has 0 saturated carbocycles. The average molecular weight is 164 g/mol.